The van der Waals surface area contributed by atoms with Crippen LogP contribution in [0.2, 0.25) is 0 Å². The van der Waals surface area contributed by atoms with Crippen LogP contribution in [0.3, 0.4) is 0 Å². The molecule has 2 N–H and O–H groups in total. The van der Waals surface area contributed by atoms with E-state index in [0.29, 0.717) is 18.5 Å². The van der Waals surface area contributed by atoms with Crippen molar-refractivity contribution < 1.29 is 5.11 Å². The van der Waals surface area contributed by atoms with Gasteiger partial charge in [-0.05, 0) is 31.0 Å². The van der Waals surface area contributed by atoms with E-state index >= 15 is 0 Å². The second kappa shape index (κ2) is 5.38. The average Bonchev–Trinajstić information content (AvgIpc) is 2.26. The highest BCUT2D eigenvalue weighted by Crippen LogP contribution is 2.16. The van der Waals surface area contributed by atoms with Crippen molar-refractivity contribution in [3.8, 4) is 6.07 Å². The van der Waals surface area contributed by atoms with Crippen molar-refractivity contribution in [1.29, 1.82) is 5.26 Å². The molecule has 3 nitrogen and oxygen atoms in total. The summed E-state index contributed by atoms with van der Waals surface area (Å²) in [5.74, 6) is 0. The predicted octanol–water partition coefficient (Wildman–Crippen LogP) is 2.05. The van der Waals surface area contributed by atoms with Gasteiger partial charge in [-0.3, -0.25) is 0 Å². The van der Waals surface area contributed by atoms with Crippen LogP contribution >= 0.6 is 0 Å². The largest absolute Gasteiger partial charge is 0.391 e. The molecule has 0 heterocycles. The number of aryl methyl sites for hydroxylation is 1. The minimum absolute atomic E-state index is 0.364. The van der Waals surface area contributed by atoms with Crippen molar-refractivity contribution in [2.75, 3.05) is 11.9 Å². The van der Waals surface area contributed by atoms with Gasteiger partial charge in [0.2, 0.25) is 0 Å². The molecule has 3 heteroatoms. The number of benzene rings is 1. The van der Waals surface area contributed by atoms with Crippen LogP contribution < -0.4 is 5.32 Å². The summed E-state index contributed by atoms with van der Waals surface area (Å²) >= 11 is 0. The van der Waals surface area contributed by atoms with Crippen molar-refractivity contribution in [3.05, 3.63) is 29.3 Å². The Hall–Kier alpha value is -1.53. The van der Waals surface area contributed by atoms with E-state index in [-0.39, 0.29) is 6.10 Å². The van der Waals surface area contributed by atoms with Gasteiger partial charge in [-0.2, -0.15) is 5.26 Å². The SMILES string of the molecule is CCC(O)CNc1cc(C)ccc1C#N. The minimum Gasteiger partial charge on any atom is -0.391 e. The molecular weight excluding hydrogens is 188 g/mol. The maximum atomic E-state index is 9.41. The van der Waals surface area contributed by atoms with Gasteiger partial charge in [0.25, 0.3) is 0 Å². The van der Waals surface area contributed by atoms with Crippen molar-refractivity contribution in [3.63, 3.8) is 0 Å². The predicted molar refractivity (Wildman–Crippen MR) is 60.7 cm³/mol. The van der Waals surface area contributed by atoms with Crippen LogP contribution in [0.25, 0.3) is 0 Å². The Morgan fingerprint density at radius 1 is 1.53 bits per heavy atom. The molecule has 0 radical (unpaired) electrons. The lowest BCUT2D eigenvalue weighted by Crippen LogP contribution is -2.18. The van der Waals surface area contributed by atoms with Gasteiger partial charge in [0.15, 0.2) is 0 Å². The standard InChI is InChI=1S/C12H16N2O/c1-3-11(15)8-14-12-6-9(2)4-5-10(12)7-13/h4-6,11,14-15H,3,8H2,1-2H3. The van der Waals surface area contributed by atoms with Gasteiger partial charge in [0.05, 0.1) is 17.4 Å². The van der Waals surface area contributed by atoms with Crippen molar-refractivity contribution in [1.82, 2.24) is 0 Å². The second-order valence-electron chi connectivity index (χ2n) is 3.60. The number of hydrogen-bond acceptors (Lipinski definition) is 3. The average molecular weight is 204 g/mol. The topological polar surface area (TPSA) is 56.0 Å². The number of aliphatic hydroxyl groups excluding tert-OH is 1. The monoisotopic (exact) mass is 204 g/mol. The lowest BCUT2D eigenvalue weighted by atomic mass is 10.1. The van der Waals surface area contributed by atoms with Gasteiger partial charge in [0, 0.05) is 6.54 Å². The first-order chi connectivity index (χ1) is 7.17. The highest BCUT2D eigenvalue weighted by atomic mass is 16.3. The molecule has 0 fully saturated rings. The second-order valence-corrected chi connectivity index (χ2v) is 3.60. The Bertz CT molecular complexity index is 368. The Morgan fingerprint density at radius 3 is 2.87 bits per heavy atom. The number of nitriles is 1. The van der Waals surface area contributed by atoms with E-state index in [4.69, 9.17) is 5.26 Å². The van der Waals surface area contributed by atoms with E-state index in [1.165, 1.54) is 0 Å². The molecule has 1 aromatic carbocycles. The minimum atomic E-state index is -0.364. The van der Waals surface area contributed by atoms with E-state index in [9.17, 15) is 5.11 Å². The normalized spacial score (nSPS) is 11.9. The number of hydrogen-bond donors (Lipinski definition) is 2. The maximum Gasteiger partial charge on any atom is 0.101 e. The third-order valence-corrected chi connectivity index (χ3v) is 2.29. The first kappa shape index (κ1) is 11.5. The molecule has 0 amide bonds. The van der Waals surface area contributed by atoms with E-state index in [2.05, 4.69) is 11.4 Å². The van der Waals surface area contributed by atoms with Crippen LogP contribution in [-0.4, -0.2) is 17.8 Å². The highest BCUT2D eigenvalue weighted by Gasteiger charge is 2.04. The number of nitrogens with zero attached hydrogens (tertiary/aromatic N) is 1. The fraction of sp³-hybridized carbons (Fsp3) is 0.417. The van der Waals surface area contributed by atoms with Gasteiger partial charge in [-0.15, -0.1) is 0 Å². The first-order valence-corrected chi connectivity index (χ1v) is 5.10. The number of aliphatic hydroxyl groups is 1. The number of rotatable bonds is 4. The molecule has 1 unspecified atom stereocenters. The quantitative estimate of drug-likeness (QED) is 0.789. The Labute approximate surface area is 90.4 Å². The molecular formula is C12H16N2O. The van der Waals surface area contributed by atoms with E-state index < -0.39 is 0 Å². The Morgan fingerprint density at radius 2 is 2.27 bits per heavy atom. The molecule has 0 saturated heterocycles. The summed E-state index contributed by atoms with van der Waals surface area (Å²) in [6, 6.07) is 7.73. The maximum absolute atomic E-state index is 9.41. The van der Waals surface area contributed by atoms with E-state index in [1.807, 2.05) is 26.0 Å². The zero-order valence-corrected chi connectivity index (χ0v) is 9.12. The Kier molecular flexibility index (Phi) is 4.14. The molecule has 0 saturated carbocycles. The molecule has 0 aromatic heterocycles. The van der Waals surface area contributed by atoms with Gasteiger partial charge in [0.1, 0.15) is 6.07 Å². The van der Waals surface area contributed by atoms with Crippen molar-refractivity contribution in [2.24, 2.45) is 0 Å². The summed E-state index contributed by atoms with van der Waals surface area (Å²) < 4.78 is 0. The van der Waals surface area contributed by atoms with Crippen LogP contribution in [0.4, 0.5) is 5.69 Å². The van der Waals surface area contributed by atoms with Gasteiger partial charge in [-0.1, -0.05) is 13.0 Å². The van der Waals surface area contributed by atoms with Crippen LogP contribution in [0.5, 0.6) is 0 Å². The molecule has 1 atom stereocenters. The van der Waals surface area contributed by atoms with Crippen LogP contribution in [0.15, 0.2) is 18.2 Å². The third-order valence-electron chi connectivity index (χ3n) is 2.29. The molecule has 0 aliphatic heterocycles. The lowest BCUT2D eigenvalue weighted by molar-refractivity contribution is 0.183. The third kappa shape index (κ3) is 3.26. The molecule has 0 bridgehead atoms. The summed E-state index contributed by atoms with van der Waals surface area (Å²) in [7, 11) is 0. The number of nitrogens with one attached hydrogen (secondary N) is 1. The molecule has 15 heavy (non-hydrogen) atoms. The summed E-state index contributed by atoms with van der Waals surface area (Å²) in [5, 5.41) is 21.4. The highest BCUT2D eigenvalue weighted by molar-refractivity contribution is 5.58. The summed E-state index contributed by atoms with van der Waals surface area (Å²) in [6.07, 6.45) is 0.345. The molecule has 80 valence electrons. The summed E-state index contributed by atoms with van der Waals surface area (Å²) in [6.45, 7) is 4.38. The summed E-state index contributed by atoms with van der Waals surface area (Å²) in [4.78, 5) is 0. The molecule has 0 aliphatic carbocycles. The molecule has 0 aliphatic rings. The van der Waals surface area contributed by atoms with Crippen molar-refractivity contribution >= 4 is 5.69 Å². The van der Waals surface area contributed by atoms with Gasteiger partial charge in [-0.25, -0.2) is 0 Å². The fourth-order valence-corrected chi connectivity index (χ4v) is 1.27. The van der Waals surface area contributed by atoms with E-state index in [0.717, 1.165) is 11.3 Å². The zero-order valence-electron chi connectivity index (χ0n) is 9.12. The van der Waals surface area contributed by atoms with Crippen LogP contribution in [0.1, 0.15) is 24.5 Å². The smallest absolute Gasteiger partial charge is 0.101 e. The van der Waals surface area contributed by atoms with Crippen LogP contribution in [0, 0.1) is 18.3 Å². The fourth-order valence-electron chi connectivity index (χ4n) is 1.27. The van der Waals surface area contributed by atoms with Crippen LogP contribution in [-0.2, 0) is 0 Å². The van der Waals surface area contributed by atoms with E-state index in [1.54, 1.807) is 6.07 Å². The molecule has 1 aromatic rings. The number of anilines is 1. The zero-order chi connectivity index (χ0) is 11.3. The van der Waals surface area contributed by atoms with Gasteiger partial charge >= 0.3 is 0 Å². The Balaban J connectivity index is 2.75. The lowest BCUT2D eigenvalue weighted by Gasteiger charge is -2.12. The van der Waals surface area contributed by atoms with Gasteiger partial charge < -0.3 is 10.4 Å². The first-order valence-electron chi connectivity index (χ1n) is 5.10. The van der Waals surface area contributed by atoms with Crippen molar-refractivity contribution in [2.45, 2.75) is 26.4 Å². The summed E-state index contributed by atoms with van der Waals surface area (Å²) in [5.41, 5.74) is 2.51. The molecule has 1 rings (SSSR count). The molecule has 0 spiro atoms.